The Kier molecular flexibility index (Phi) is 3.84. The van der Waals surface area contributed by atoms with Crippen molar-refractivity contribution in [1.82, 2.24) is 0 Å². The summed E-state index contributed by atoms with van der Waals surface area (Å²) in [5.74, 6) is -0.445. The van der Waals surface area contributed by atoms with Crippen LogP contribution in [-0.2, 0) is 16.0 Å². The molecule has 1 rings (SSSR count). The van der Waals surface area contributed by atoms with Gasteiger partial charge in [-0.15, -0.1) is 0 Å². The summed E-state index contributed by atoms with van der Waals surface area (Å²) in [4.78, 5) is 21.1. The first kappa shape index (κ1) is 12.4. The van der Waals surface area contributed by atoms with Gasteiger partial charge in [0.25, 0.3) is 5.69 Å². The van der Waals surface area contributed by atoms with E-state index in [-0.39, 0.29) is 17.1 Å². The number of carbonyl (C=O) groups is 1. The van der Waals surface area contributed by atoms with Gasteiger partial charge in [-0.2, -0.15) is 0 Å². The van der Waals surface area contributed by atoms with Crippen LogP contribution in [-0.4, -0.2) is 18.0 Å². The van der Waals surface area contributed by atoms with Crippen LogP contribution in [0.25, 0.3) is 0 Å². The lowest BCUT2D eigenvalue weighted by Gasteiger charge is -2.05. The highest BCUT2D eigenvalue weighted by molar-refractivity contribution is 6.32. The van der Waals surface area contributed by atoms with E-state index in [0.29, 0.717) is 5.56 Å². The molecular weight excluding hydrogens is 234 g/mol. The molecular formula is C10H10ClNO4. The van der Waals surface area contributed by atoms with Crippen LogP contribution < -0.4 is 0 Å². The molecule has 0 aliphatic carbocycles. The monoisotopic (exact) mass is 243 g/mol. The summed E-state index contributed by atoms with van der Waals surface area (Å²) in [6.07, 6.45) is 0.000340. The average molecular weight is 244 g/mol. The third-order valence-corrected chi connectivity index (χ3v) is 2.47. The summed E-state index contributed by atoms with van der Waals surface area (Å²) >= 11 is 5.71. The van der Waals surface area contributed by atoms with Crippen LogP contribution in [0.5, 0.6) is 0 Å². The molecule has 0 aliphatic rings. The lowest BCUT2D eigenvalue weighted by atomic mass is 10.1. The summed E-state index contributed by atoms with van der Waals surface area (Å²) in [6, 6.07) is 2.77. The first-order valence-corrected chi connectivity index (χ1v) is 4.83. The van der Waals surface area contributed by atoms with Gasteiger partial charge in [0.2, 0.25) is 0 Å². The number of rotatable bonds is 3. The Labute approximate surface area is 97.1 Å². The molecule has 0 N–H and O–H groups in total. The molecule has 86 valence electrons. The number of carbonyl (C=O) groups excluding carboxylic acids is 1. The normalized spacial score (nSPS) is 9.94. The first-order valence-electron chi connectivity index (χ1n) is 4.46. The van der Waals surface area contributed by atoms with Crippen molar-refractivity contribution in [2.45, 2.75) is 13.3 Å². The minimum atomic E-state index is -0.581. The molecule has 1 aromatic carbocycles. The highest BCUT2D eigenvalue weighted by Crippen LogP contribution is 2.28. The minimum absolute atomic E-state index is 0.000340. The van der Waals surface area contributed by atoms with Crippen molar-refractivity contribution < 1.29 is 14.5 Å². The molecule has 6 heteroatoms. The van der Waals surface area contributed by atoms with E-state index in [9.17, 15) is 14.9 Å². The number of halogens is 1. The van der Waals surface area contributed by atoms with Gasteiger partial charge in [-0.05, 0) is 24.1 Å². The number of methoxy groups -OCH3 is 1. The molecule has 0 radical (unpaired) electrons. The van der Waals surface area contributed by atoms with E-state index >= 15 is 0 Å². The van der Waals surface area contributed by atoms with Gasteiger partial charge in [0.05, 0.1) is 18.5 Å². The maximum Gasteiger partial charge on any atom is 0.309 e. The highest BCUT2D eigenvalue weighted by Gasteiger charge is 2.16. The molecule has 0 saturated carbocycles. The number of aryl methyl sites for hydroxylation is 1. The maximum absolute atomic E-state index is 11.1. The lowest BCUT2D eigenvalue weighted by molar-refractivity contribution is -0.384. The smallest absolute Gasteiger partial charge is 0.309 e. The van der Waals surface area contributed by atoms with Gasteiger partial charge in [-0.25, -0.2) is 0 Å². The zero-order valence-corrected chi connectivity index (χ0v) is 9.58. The fraction of sp³-hybridized carbons (Fsp3) is 0.300. The second-order valence-corrected chi connectivity index (χ2v) is 3.65. The number of hydrogen-bond acceptors (Lipinski definition) is 4. The molecule has 0 spiro atoms. The number of nitro groups is 1. The number of hydrogen-bond donors (Lipinski definition) is 0. The Morgan fingerprint density at radius 1 is 1.56 bits per heavy atom. The molecule has 0 aliphatic heterocycles. The standard InChI is InChI=1S/C10H10ClNO4/c1-6-3-8(11)9(12(14)15)4-7(6)5-10(13)16-2/h3-4H,5H2,1-2H3. The molecule has 0 fully saturated rings. The number of nitrogens with zero attached hydrogens (tertiary/aromatic N) is 1. The van der Waals surface area contributed by atoms with E-state index in [1.165, 1.54) is 19.2 Å². The van der Waals surface area contributed by atoms with Crippen molar-refractivity contribution in [3.63, 3.8) is 0 Å². The van der Waals surface area contributed by atoms with Crippen LogP contribution in [0.4, 0.5) is 5.69 Å². The maximum atomic E-state index is 11.1. The van der Waals surface area contributed by atoms with E-state index in [2.05, 4.69) is 4.74 Å². The minimum Gasteiger partial charge on any atom is -0.469 e. The number of ether oxygens (including phenoxy) is 1. The molecule has 0 heterocycles. The molecule has 0 amide bonds. The molecule has 0 bridgehead atoms. The van der Waals surface area contributed by atoms with Crippen LogP contribution in [0.2, 0.25) is 5.02 Å². The first-order chi connectivity index (χ1) is 7.45. The summed E-state index contributed by atoms with van der Waals surface area (Å²) < 4.78 is 4.50. The molecule has 5 nitrogen and oxygen atoms in total. The topological polar surface area (TPSA) is 69.4 Å². The third-order valence-electron chi connectivity index (χ3n) is 2.16. The zero-order valence-electron chi connectivity index (χ0n) is 8.82. The van der Waals surface area contributed by atoms with E-state index in [1.54, 1.807) is 6.92 Å². The number of esters is 1. The second-order valence-electron chi connectivity index (χ2n) is 3.24. The van der Waals surface area contributed by atoms with Crippen molar-refractivity contribution in [2.24, 2.45) is 0 Å². The second kappa shape index (κ2) is 4.94. The Bertz CT molecular complexity index is 445. The van der Waals surface area contributed by atoms with Crippen molar-refractivity contribution >= 4 is 23.3 Å². The van der Waals surface area contributed by atoms with E-state index < -0.39 is 10.9 Å². The largest absolute Gasteiger partial charge is 0.469 e. The molecule has 0 atom stereocenters. The zero-order chi connectivity index (χ0) is 12.3. The molecule has 16 heavy (non-hydrogen) atoms. The van der Waals surface area contributed by atoms with Gasteiger partial charge in [0.15, 0.2) is 0 Å². The van der Waals surface area contributed by atoms with Crippen molar-refractivity contribution in [3.8, 4) is 0 Å². The Morgan fingerprint density at radius 3 is 2.69 bits per heavy atom. The molecule has 1 aromatic rings. The average Bonchev–Trinajstić information content (AvgIpc) is 2.21. The summed E-state index contributed by atoms with van der Waals surface area (Å²) in [5, 5.41) is 10.7. The van der Waals surface area contributed by atoms with Crippen LogP contribution in [0.15, 0.2) is 12.1 Å². The van der Waals surface area contributed by atoms with Crippen molar-refractivity contribution in [3.05, 3.63) is 38.4 Å². The highest BCUT2D eigenvalue weighted by atomic mass is 35.5. The van der Waals surface area contributed by atoms with E-state index in [1.807, 2.05) is 0 Å². The Balaban J connectivity index is 3.14. The van der Waals surface area contributed by atoms with Crippen LogP contribution in [0, 0.1) is 17.0 Å². The lowest BCUT2D eigenvalue weighted by Crippen LogP contribution is -2.06. The Morgan fingerprint density at radius 2 is 2.19 bits per heavy atom. The van der Waals surface area contributed by atoms with Gasteiger partial charge in [-0.1, -0.05) is 11.6 Å². The predicted molar refractivity (Wildman–Crippen MR) is 58.6 cm³/mol. The van der Waals surface area contributed by atoms with Gasteiger partial charge >= 0.3 is 5.97 Å². The molecule has 0 saturated heterocycles. The van der Waals surface area contributed by atoms with Crippen LogP contribution in [0.3, 0.4) is 0 Å². The van der Waals surface area contributed by atoms with Crippen molar-refractivity contribution in [2.75, 3.05) is 7.11 Å². The predicted octanol–water partition coefficient (Wildman–Crippen LogP) is 2.27. The summed E-state index contributed by atoms with van der Waals surface area (Å²) in [5.41, 5.74) is 1.06. The molecule has 0 aromatic heterocycles. The van der Waals surface area contributed by atoms with E-state index in [4.69, 9.17) is 11.6 Å². The summed E-state index contributed by atoms with van der Waals surface area (Å²) in [7, 11) is 1.27. The molecule has 0 unspecified atom stereocenters. The fourth-order valence-electron chi connectivity index (χ4n) is 1.26. The Hall–Kier alpha value is -1.62. The summed E-state index contributed by atoms with van der Waals surface area (Å²) in [6.45, 7) is 1.73. The SMILES string of the molecule is COC(=O)Cc1cc([N+](=O)[O-])c(Cl)cc1C. The fourth-order valence-corrected chi connectivity index (χ4v) is 1.55. The van der Waals surface area contributed by atoms with Crippen molar-refractivity contribution in [1.29, 1.82) is 0 Å². The van der Waals surface area contributed by atoms with Gasteiger partial charge < -0.3 is 4.74 Å². The number of benzene rings is 1. The third kappa shape index (κ3) is 2.70. The van der Waals surface area contributed by atoms with Crippen LogP contribution in [0.1, 0.15) is 11.1 Å². The van der Waals surface area contributed by atoms with Crippen LogP contribution >= 0.6 is 11.6 Å². The quantitative estimate of drug-likeness (QED) is 0.464. The van der Waals surface area contributed by atoms with Gasteiger partial charge in [-0.3, -0.25) is 14.9 Å². The number of nitro benzene ring substituents is 1. The van der Waals surface area contributed by atoms with Gasteiger partial charge in [0, 0.05) is 6.07 Å². The van der Waals surface area contributed by atoms with E-state index in [0.717, 1.165) is 5.56 Å². The van der Waals surface area contributed by atoms with Gasteiger partial charge in [0.1, 0.15) is 5.02 Å².